The van der Waals surface area contributed by atoms with Crippen molar-refractivity contribution in [3.63, 3.8) is 0 Å². The van der Waals surface area contributed by atoms with Gasteiger partial charge in [-0.1, -0.05) is 0 Å². The monoisotopic (exact) mass is 65.0 g/mol. The number of allylic oxidation sites excluding steroid dienone is 1. The smallest absolute Gasteiger partial charge is 0.209 e. The van der Waals surface area contributed by atoms with Crippen LogP contribution in [0.2, 0.25) is 0 Å². The Morgan fingerprint density at radius 3 is 2.40 bits per heavy atom. The van der Waals surface area contributed by atoms with Crippen molar-refractivity contribution in [2.45, 2.75) is 0 Å². The Morgan fingerprint density at radius 2 is 2.40 bits per heavy atom. The van der Waals surface area contributed by atoms with Crippen LogP contribution in [-0.4, -0.2) is 5.87 Å². The molecular formula is C3HN2+. The second kappa shape index (κ2) is 2.85. The highest BCUT2D eigenvalue weighted by Gasteiger charge is 1.73. The van der Waals surface area contributed by atoms with Gasteiger partial charge in [-0.2, -0.15) is 0 Å². The molecule has 22 valence electrons. The summed E-state index contributed by atoms with van der Waals surface area (Å²) < 4.78 is 0. The van der Waals surface area contributed by atoms with Gasteiger partial charge in [-0.3, -0.25) is 0 Å². The lowest BCUT2D eigenvalue weighted by Crippen LogP contribution is -1.40. The van der Waals surface area contributed by atoms with Crippen LogP contribution in [0.25, 0.3) is 0 Å². The third-order valence-electron chi connectivity index (χ3n) is 0.118. The second-order valence-electron chi connectivity index (χ2n) is 0.362. The van der Waals surface area contributed by atoms with E-state index in [2.05, 4.69) is 0 Å². The average Bonchev–Trinajstić information content (AvgIpc) is 1.41. The number of nitrogens with one attached hydrogen (secondary N) is 1. The van der Waals surface area contributed by atoms with E-state index in [0.717, 1.165) is 0 Å². The van der Waals surface area contributed by atoms with Gasteiger partial charge in [-0.15, -0.1) is 5.26 Å². The van der Waals surface area contributed by atoms with E-state index in [1.54, 1.807) is 5.87 Å². The third kappa shape index (κ3) is 2.85. The number of nitriles is 1. The summed E-state index contributed by atoms with van der Waals surface area (Å²) in [4.78, 5) is 0. The van der Waals surface area contributed by atoms with Crippen molar-refractivity contribution in [3.05, 3.63) is 6.08 Å². The molecule has 0 radical (unpaired) electrons. The SMILES string of the molecule is N#C[C+]=C=N. The molecule has 0 bridgehead atoms. The highest BCUT2D eigenvalue weighted by molar-refractivity contribution is 5.47. The van der Waals surface area contributed by atoms with E-state index in [-0.39, 0.29) is 0 Å². The van der Waals surface area contributed by atoms with Gasteiger partial charge in [0.15, 0.2) is 0 Å². The van der Waals surface area contributed by atoms with Gasteiger partial charge in [0.25, 0.3) is 5.87 Å². The maximum atomic E-state index is 7.52. The summed E-state index contributed by atoms with van der Waals surface area (Å²) in [6.45, 7) is 0. The molecule has 0 aliphatic heterocycles. The van der Waals surface area contributed by atoms with Gasteiger partial charge in [-0.05, 0) is 0 Å². The molecule has 0 fully saturated rings. The molecule has 0 amide bonds. The van der Waals surface area contributed by atoms with Crippen LogP contribution in [0, 0.1) is 22.8 Å². The van der Waals surface area contributed by atoms with E-state index in [4.69, 9.17) is 10.7 Å². The van der Waals surface area contributed by atoms with Crippen molar-refractivity contribution in [1.29, 1.82) is 10.7 Å². The Balaban J connectivity index is 3.46. The fourth-order valence-corrected chi connectivity index (χ4v) is 0.0280. The van der Waals surface area contributed by atoms with Gasteiger partial charge in [0, 0.05) is 0 Å². The first kappa shape index (κ1) is 3.85. The minimum Gasteiger partial charge on any atom is -0.209 e. The Hall–Kier alpha value is -1.15. The van der Waals surface area contributed by atoms with Crippen molar-refractivity contribution in [2.75, 3.05) is 0 Å². The van der Waals surface area contributed by atoms with Crippen LogP contribution >= 0.6 is 0 Å². The Morgan fingerprint density at radius 1 is 1.80 bits per heavy atom. The molecule has 2 heteroatoms. The first-order valence-corrected chi connectivity index (χ1v) is 0.974. The number of hydrogen-bond donors (Lipinski definition) is 1. The first-order chi connectivity index (χ1) is 2.41. The van der Waals surface area contributed by atoms with Crippen LogP contribution in [0.4, 0.5) is 0 Å². The Kier molecular flexibility index (Phi) is 2.19. The molecule has 0 aromatic heterocycles. The van der Waals surface area contributed by atoms with Crippen LogP contribution in [0.3, 0.4) is 0 Å². The standard InChI is InChI=1S/C3HN2/c4-2-1-3-5/h4H/q+1. The molecule has 0 aliphatic rings. The van der Waals surface area contributed by atoms with E-state index in [9.17, 15) is 0 Å². The molecule has 0 aromatic rings. The fraction of sp³-hybridized carbons (Fsp3) is 0. The summed E-state index contributed by atoms with van der Waals surface area (Å²) in [5.74, 6) is 1.66. The molecule has 0 spiro atoms. The van der Waals surface area contributed by atoms with Gasteiger partial charge in [0.05, 0.1) is 0 Å². The lowest BCUT2D eigenvalue weighted by atomic mass is 10.7. The second-order valence-corrected chi connectivity index (χ2v) is 0.362. The molecule has 0 saturated heterocycles. The largest absolute Gasteiger partial charge is 0.439 e. The van der Waals surface area contributed by atoms with Crippen LogP contribution < -0.4 is 0 Å². The molecule has 0 aliphatic carbocycles. The normalized spacial score (nSPS) is 3.00. The van der Waals surface area contributed by atoms with Crippen molar-refractivity contribution in [2.24, 2.45) is 0 Å². The van der Waals surface area contributed by atoms with Gasteiger partial charge >= 0.3 is 12.1 Å². The minimum absolute atomic E-state index is 1.47. The van der Waals surface area contributed by atoms with Crippen molar-refractivity contribution in [1.82, 2.24) is 0 Å². The zero-order valence-corrected chi connectivity index (χ0v) is 2.45. The summed E-state index contributed by atoms with van der Waals surface area (Å²) in [5.41, 5.74) is 0. The Labute approximate surface area is 29.9 Å². The summed E-state index contributed by atoms with van der Waals surface area (Å²) in [6.07, 6.45) is 1.83. The zero-order valence-electron chi connectivity index (χ0n) is 2.45. The van der Waals surface area contributed by atoms with Gasteiger partial charge in [-0.25, -0.2) is 5.41 Å². The maximum Gasteiger partial charge on any atom is 0.439 e. The van der Waals surface area contributed by atoms with Crippen molar-refractivity contribution in [3.8, 4) is 6.07 Å². The lowest BCUT2D eigenvalue weighted by molar-refractivity contribution is 1.52. The van der Waals surface area contributed by atoms with Crippen LogP contribution in [0.15, 0.2) is 0 Å². The summed E-state index contributed by atoms with van der Waals surface area (Å²) in [6, 6.07) is 1.47. The molecule has 5 heavy (non-hydrogen) atoms. The molecule has 0 unspecified atom stereocenters. The molecule has 0 heterocycles. The van der Waals surface area contributed by atoms with E-state index in [1.165, 1.54) is 6.07 Å². The van der Waals surface area contributed by atoms with Gasteiger partial charge in [0.2, 0.25) is 0 Å². The fourth-order valence-electron chi connectivity index (χ4n) is 0.0280. The van der Waals surface area contributed by atoms with Gasteiger partial charge < -0.3 is 0 Å². The number of nitrogens with zero attached hydrogens (tertiary/aromatic N) is 1. The highest BCUT2D eigenvalue weighted by atomic mass is 14.3. The molecule has 0 rings (SSSR count). The average molecular weight is 65.1 g/mol. The number of rotatable bonds is 0. The quantitative estimate of drug-likeness (QED) is 0.243. The van der Waals surface area contributed by atoms with Crippen molar-refractivity contribution >= 4 is 5.87 Å². The summed E-state index contributed by atoms with van der Waals surface area (Å²) in [7, 11) is 0. The highest BCUT2D eigenvalue weighted by Crippen LogP contribution is 1.37. The topological polar surface area (TPSA) is 47.6 Å². The summed E-state index contributed by atoms with van der Waals surface area (Å²) >= 11 is 0. The first-order valence-electron chi connectivity index (χ1n) is 0.974. The molecule has 0 atom stereocenters. The minimum atomic E-state index is 1.47. The van der Waals surface area contributed by atoms with E-state index < -0.39 is 0 Å². The van der Waals surface area contributed by atoms with E-state index in [0.29, 0.717) is 0 Å². The zero-order chi connectivity index (χ0) is 4.12. The molecule has 1 N–H and O–H groups in total. The summed E-state index contributed by atoms with van der Waals surface area (Å²) in [5, 5.41) is 13.5. The predicted octanol–water partition coefficient (Wildman–Crippen LogP) is 0.118. The van der Waals surface area contributed by atoms with Crippen LogP contribution in [0.1, 0.15) is 0 Å². The van der Waals surface area contributed by atoms with Gasteiger partial charge in [0.1, 0.15) is 0 Å². The molecule has 0 aromatic carbocycles. The predicted molar refractivity (Wildman–Crippen MR) is 16.6 cm³/mol. The number of hydrogen-bond acceptors (Lipinski definition) is 2. The molecule has 2 nitrogen and oxygen atoms in total. The third-order valence-corrected chi connectivity index (χ3v) is 0.118. The van der Waals surface area contributed by atoms with Crippen molar-refractivity contribution < 1.29 is 0 Å². The van der Waals surface area contributed by atoms with Crippen LogP contribution in [-0.2, 0) is 0 Å². The molecule has 0 saturated carbocycles. The maximum absolute atomic E-state index is 7.52. The van der Waals surface area contributed by atoms with E-state index >= 15 is 0 Å². The van der Waals surface area contributed by atoms with Crippen LogP contribution in [0.5, 0.6) is 0 Å². The molecular weight excluding hydrogens is 64.0 g/mol. The lowest BCUT2D eigenvalue weighted by Gasteiger charge is -1.08. The van der Waals surface area contributed by atoms with E-state index in [1.807, 2.05) is 6.08 Å². The Bertz CT molecular complexity index is 92.0.